The molecular weight excluding hydrogens is 514 g/mol. The molecule has 10 nitrogen and oxygen atoms in total. The van der Waals surface area contributed by atoms with Gasteiger partial charge >= 0.3 is 6.09 Å². The molecule has 11 heteroatoms. The number of hydrogen-bond donors (Lipinski definition) is 4. The maximum atomic E-state index is 13.7. The van der Waals surface area contributed by atoms with Crippen molar-refractivity contribution in [3.8, 4) is 0 Å². The standard InChI is InChI=1S/C28H39N7O3S/c36-26(32-23-7-9-28(23)10-14-34(15-11-28)27(37)38)22-6-5-20-8-13-35(18-20)25-21(3-1-12-30-25)17-29-19-39-16-2-4-24(31-22)33-39/h1-4,12,16,20,22-23,29H,5-11,13-15,17-19H2,(H,31,33)(H,32,36)(H,37,38). The number of fused-ring (bicyclic) bond motifs is 5. The predicted octanol–water partition coefficient (Wildman–Crippen LogP) is 2.70. The highest BCUT2D eigenvalue weighted by Gasteiger charge is 2.49. The van der Waals surface area contributed by atoms with E-state index in [4.69, 9.17) is 9.38 Å². The molecule has 1 spiro atoms. The van der Waals surface area contributed by atoms with E-state index in [9.17, 15) is 14.7 Å². The molecule has 1 aromatic heterocycles. The van der Waals surface area contributed by atoms with Gasteiger partial charge in [0.25, 0.3) is 0 Å². The topological polar surface area (TPSA) is 122 Å². The third-order valence-corrected chi connectivity index (χ3v) is 10.6. The quantitative estimate of drug-likeness (QED) is 0.416. The van der Waals surface area contributed by atoms with E-state index < -0.39 is 6.09 Å². The highest BCUT2D eigenvalue weighted by molar-refractivity contribution is 8.14. The number of allylic oxidation sites excluding steroid dienone is 1. The molecule has 2 saturated heterocycles. The van der Waals surface area contributed by atoms with E-state index in [2.05, 4.69) is 32.3 Å². The Hall–Kier alpha value is -2.92. The minimum absolute atomic E-state index is 0.0309. The number of aromatic nitrogens is 1. The Morgan fingerprint density at radius 3 is 2.79 bits per heavy atom. The molecule has 5 aliphatic rings. The van der Waals surface area contributed by atoms with Crippen molar-refractivity contribution in [2.45, 2.75) is 63.6 Å². The fourth-order valence-electron chi connectivity index (χ4n) is 6.75. The number of carbonyl (C=O) groups is 2. The zero-order valence-corrected chi connectivity index (χ0v) is 23.2. The Kier molecular flexibility index (Phi) is 7.61. The SMILES string of the molecule is O=C(NC1CCC12CCN(C(=O)O)CC2)C1CCC2CCN(C2)c2ncccc2CNCS2=CC=CC(=N2)N1. The van der Waals surface area contributed by atoms with E-state index in [0.29, 0.717) is 19.0 Å². The van der Waals surface area contributed by atoms with Gasteiger partial charge in [-0.2, -0.15) is 0 Å². The summed E-state index contributed by atoms with van der Waals surface area (Å²) in [5.41, 5.74) is 1.25. The molecule has 5 heterocycles. The van der Waals surface area contributed by atoms with Crippen molar-refractivity contribution < 1.29 is 14.7 Å². The molecule has 1 aromatic rings. The van der Waals surface area contributed by atoms with Gasteiger partial charge in [0.1, 0.15) is 17.7 Å². The van der Waals surface area contributed by atoms with E-state index in [1.165, 1.54) is 10.5 Å². The van der Waals surface area contributed by atoms with Gasteiger partial charge in [0, 0.05) is 50.5 Å². The molecule has 6 rings (SSSR count). The van der Waals surface area contributed by atoms with Crippen LogP contribution < -0.4 is 20.9 Å². The fourth-order valence-corrected chi connectivity index (χ4v) is 7.91. The summed E-state index contributed by atoms with van der Waals surface area (Å²) < 4.78 is 4.91. The van der Waals surface area contributed by atoms with Crippen LogP contribution in [0.25, 0.3) is 0 Å². The van der Waals surface area contributed by atoms with Gasteiger partial charge in [0.05, 0.1) is 5.88 Å². The summed E-state index contributed by atoms with van der Waals surface area (Å²) in [4.78, 5) is 33.7. The summed E-state index contributed by atoms with van der Waals surface area (Å²) in [7, 11) is -0.310. The molecule has 2 amide bonds. The molecule has 4 atom stereocenters. The maximum Gasteiger partial charge on any atom is 0.407 e. The van der Waals surface area contributed by atoms with E-state index >= 15 is 0 Å². The lowest BCUT2D eigenvalue weighted by Gasteiger charge is -2.53. The number of amides is 2. The molecule has 4 unspecified atom stereocenters. The van der Waals surface area contributed by atoms with Crippen molar-refractivity contribution in [2.75, 3.05) is 37.0 Å². The number of nitrogens with zero attached hydrogens (tertiary/aromatic N) is 4. The number of rotatable bonds is 2. The minimum Gasteiger partial charge on any atom is -0.465 e. The van der Waals surface area contributed by atoms with Crippen LogP contribution in [0.1, 0.15) is 50.5 Å². The number of piperidine rings is 1. The summed E-state index contributed by atoms with van der Waals surface area (Å²) in [5.74, 6) is 3.12. The number of carbonyl (C=O) groups excluding carboxylic acids is 1. The Morgan fingerprint density at radius 2 is 2.00 bits per heavy atom. The van der Waals surface area contributed by atoms with Gasteiger partial charge in [-0.15, -0.1) is 0 Å². The van der Waals surface area contributed by atoms with Crippen LogP contribution in [0, 0.1) is 11.3 Å². The van der Waals surface area contributed by atoms with Crippen molar-refractivity contribution in [3.63, 3.8) is 0 Å². The molecule has 4 aliphatic heterocycles. The van der Waals surface area contributed by atoms with Crippen LogP contribution in [0.2, 0.25) is 0 Å². The first kappa shape index (κ1) is 26.3. The first-order valence-corrected chi connectivity index (χ1v) is 15.6. The van der Waals surface area contributed by atoms with Crippen molar-refractivity contribution in [1.82, 2.24) is 25.8 Å². The van der Waals surface area contributed by atoms with Gasteiger partial charge < -0.3 is 30.9 Å². The molecule has 3 fully saturated rings. The summed E-state index contributed by atoms with van der Waals surface area (Å²) >= 11 is 0. The van der Waals surface area contributed by atoms with Gasteiger partial charge in [0.15, 0.2) is 0 Å². The molecule has 1 aliphatic carbocycles. The monoisotopic (exact) mass is 553 g/mol. The lowest BCUT2D eigenvalue weighted by Crippen LogP contribution is -2.61. The normalized spacial score (nSPS) is 30.0. The van der Waals surface area contributed by atoms with Crippen LogP contribution in [0.5, 0.6) is 0 Å². The lowest BCUT2D eigenvalue weighted by molar-refractivity contribution is -0.127. The fraction of sp³-hybridized carbons (Fsp3) is 0.607. The Labute approximate surface area is 232 Å². The van der Waals surface area contributed by atoms with Gasteiger partial charge in [-0.1, -0.05) is 22.8 Å². The number of pyridine rings is 1. The van der Waals surface area contributed by atoms with E-state index in [1.807, 2.05) is 24.4 Å². The summed E-state index contributed by atoms with van der Waals surface area (Å²) in [5, 5.41) is 21.9. The molecule has 4 N–H and O–H groups in total. The van der Waals surface area contributed by atoms with Crippen molar-refractivity contribution in [2.24, 2.45) is 15.7 Å². The number of hydrogen-bond acceptors (Lipinski definition) is 7. The highest BCUT2D eigenvalue weighted by atomic mass is 32.2. The zero-order chi connectivity index (χ0) is 26.8. The predicted molar refractivity (Wildman–Crippen MR) is 155 cm³/mol. The second-order valence-corrected chi connectivity index (χ2v) is 13.1. The lowest BCUT2D eigenvalue weighted by atomic mass is 9.59. The van der Waals surface area contributed by atoms with Crippen LogP contribution in [0.3, 0.4) is 0 Å². The van der Waals surface area contributed by atoms with Crippen molar-refractivity contribution in [1.29, 1.82) is 0 Å². The maximum absolute atomic E-state index is 13.7. The number of carboxylic acid groups (broad SMARTS) is 1. The van der Waals surface area contributed by atoms with Gasteiger partial charge in [-0.05, 0) is 73.8 Å². The first-order valence-electron chi connectivity index (χ1n) is 14.2. The molecule has 1 saturated carbocycles. The summed E-state index contributed by atoms with van der Waals surface area (Å²) in [6.07, 6.45) is 11.5. The van der Waals surface area contributed by atoms with Crippen molar-refractivity contribution in [3.05, 3.63) is 36.0 Å². The first-order chi connectivity index (χ1) is 19.0. The summed E-state index contributed by atoms with van der Waals surface area (Å²) in [6, 6.07) is 3.92. The van der Waals surface area contributed by atoms with Crippen LogP contribution in [0.4, 0.5) is 10.6 Å². The molecular formula is C28H39N7O3S. The largest absolute Gasteiger partial charge is 0.465 e. The molecule has 39 heavy (non-hydrogen) atoms. The third-order valence-electron chi connectivity index (χ3n) is 9.24. The molecule has 0 radical (unpaired) electrons. The van der Waals surface area contributed by atoms with Crippen LogP contribution >= 0.6 is 10.7 Å². The number of nitrogens with one attached hydrogen (secondary N) is 3. The van der Waals surface area contributed by atoms with Crippen molar-refractivity contribution >= 4 is 39.7 Å². The summed E-state index contributed by atoms with van der Waals surface area (Å²) in [6.45, 7) is 3.80. The van der Waals surface area contributed by atoms with Gasteiger partial charge in [-0.3, -0.25) is 4.79 Å². The third kappa shape index (κ3) is 5.70. The van der Waals surface area contributed by atoms with Crippen LogP contribution in [0.15, 0.2) is 34.9 Å². The molecule has 0 aromatic carbocycles. The zero-order valence-electron chi connectivity index (χ0n) is 22.3. The van der Waals surface area contributed by atoms with E-state index in [0.717, 1.165) is 82.1 Å². The van der Waals surface area contributed by atoms with Gasteiger partial charge in [0.2, 0.25) is 5.91 Å². The minimum atomic E-state index is -0.845. The van der Waals surface area contributed by atoms with E-state index in [-0.39, 0.29) is 34.1 Å². The Bertz CT molecular complexity index is 1190. The average Bonchev–Trinajstić information content (AvgIpc) is 3.42. The second-order valence-electron chi connectivity index (χ2n) is 11.5. The number of likely N-dealkylation sites (tertiary alicyclic amines) is 1. The second kappa shape index (κ2) is 11.3. The van der Waals surface area contributed by atoms with E-state index in [1.54, 1.807) is 0 Å². The van der Waals surface area contributed by atoms with Crippen LogP contribution in [-0.2, 0) is 11.3 Å². The molecule has 4 bridgehead atoms. The Morgan fingerprint density at radius 1 is 1.13 bits per heavy atom. The Balaban J connectivity index is 1.16. The number of anilines is 1. The smallest absolute Gasteiger partial charge is 0.407 e. The average molecular weight is 554 g/mol. The van der Waals surface area contributed by atoms with Crippen LogP contribution in [-0.4, -0.2) is 82.3 Å². The highest BCUT2D eigenvalue weighted by Crippen LogP contribution is 2.49. The number of amidine groups is 1. The van der Waals surface area contributed by atoms with Gasteiger partial charge in [-0.25, -0.2) is 14.2 Å². The molecule has 210 valence electrons.